The third-order valence-corrected chi connectivity index (χ3v) is 22.8. The summed E-state index contributed by atoms with van der Waals surface area (Å²) >= 11 is 0. The largest absolute Gasteiger partial charge is 0.310 e. The van der Waals surface area contributed by atoms with Crippen LogP contribution >= 0.6 is 0 Å². The Labute approximate surface area is 626 Å². The van der Waals surface area contributed by atoms with Crippen molar-refractivity contribution < 1.29 is 0 Å². The van der Waals surface area contributed by atoms with Gasteiger partial charge in [0.15, 0.2) is 0 Å². The van der Waals surface area contributed by atoms with Crippen LogP contribution in [-0.4, -0.2) is 6.71 Å². The third-order valence-electron chi connectivity index (χ3n) is 22.8. The van der Waals surface area contributed by atoms with Gasteiger partial charge >= 0.3 is 0 Å². The Hall–Kier alpha value is -12.0. The number of hydrogen-bond acceptors (Lipinski definition) is 2. The van der Waals surface area contributed by atoms with Crippen LogP contribution < -0.4 is 26.2 Å². The lowest BCUT2D eigenvalue weighted by atomic mass is 9.33. The lowest BCUT2D eigenvalue weighted by Gasteiger charge is -2.46. The summed E-state index contributed by atoms with van der Waals surface area (Å²) in [7, 11) is 0. The van der Waals surface area contributed by atoms with E-state index in [1.807, 2.05) is 0 Å². The smallest absolute Gasteiger partial charge is 0.252 e. The average Bonchev–Trinajstić information content (AvgIpc) is 1.24. The number of nitrogens with zero attached hydrogens (tertiary/aromatic N) is 2. The van der Waals surface area contributed by atoms with E-state index in [0.29, 0.717) is 0 Å². The summed E-state index contributed by atoms with van der Waals surface area (Å²) in [6.45, 7) is 21.0. The average molecular weight is 1360 g/mol. The van der Waals surface area contributed by atoms with E-state index in [2.05, 4.69) is 424 Å². The minimum atomic E-state index is -0.719. The first-order chi connectivity index (χ1) is 51.5. The molecule has 2 nitrogen and oxygen atoms in total. The molecule has 0 amide bonds. The summed E-state index contributed by atoms with van der Waals surface area (Å²) in [6, 6.07) is 134. The van der Waals surface area contributed by atoms with Crippen molar-refractivity contribution >= 4 is 57.2 Å². The van der Waals surface area contributed by atoms with Crippen molar-refractivity contribution in [3.63, 3.8) is 0 Å². The maximum atomic E-state index is 2.75. The predicted octanol–water partition coefficient (Wildman–Crippen LogP) is 25.7. The van der Waals surface area contributed by atoms with E-state index in [1.165, 1.54) is 83.1 Å². The fraction of sp³-hybridized carbons (Fsp3) is 0.126. The van der Waals surface area contributed by atoms with Crippen molar-refractivity contribution in [3.05, 3.63) is 391 Å². The van der Waals surface area contributed by atoms with Crippen LogP contribution in [-0.2, 0) is 21.7 Å². The first-order valence-electron chi connectivity index (χ1n) is 37.7. The Kier molecular flexibility index (Phi) is 16.0. The van der Waals surface area contributed by atoms with Crippen LogP contribution in [0, 0.1) is 0 Å². The van der Waals surface area contributed by atoms with Gasteiger partial charge in [-0.25, -0.2) is 0 Å². The molecule has 510 valence electrons. The fourth-order valence-electron chi connectivity index (χ4n) is 17.5. The highest BCUT2D eigenvalue weighted by molar-refractivity contribution is 7.00. The van der Waals surface area contributed by atoms with Gasteiger partial charge in [0.1, 0.15) is 0 Å². The molecule has 2 heterocycles. The van der Waals surface area contributed by atoms with E-state index in [4.69, 9.17) is 0 Å². The number of hydrogen-bond donors (Lipinski definition) is 0. The number of rotatable bonds is 11. The molecular weight excluding hydrogens is 1280 g/mol. The van der Waals surface area contributed by atoms with E-state index in [-0.39, 0.29) is 23.0 Å². The predicted molar refractivity (Wildman–Crippen MR) is 452 cm³/mol. The molecule has 0 aromatic heterocycles. The van der Waals surface area contributed by atoms with Gasteiger partial charge in [0.25, 0.3) is 6.71 Å². The van der Waals surface area contributed by atoms with Gasteiger partial charge in [-0.05, 0) is 175 Å². The number of anilines is 6. The number of para-hydroxylation sites is 1. The molecule has 2 aliphatic heterocycles. The number of fused-ring (bicyclic) bond motifs is 7. The molecule has 18 rings (SSSR count). The first-order valence-corrected chi connectivity index (χ1v) is 37.7. The number of benzene rings is 15. The molecule has 0 N–H and O–H groups in total. The van der Waals surface area contributed by atoms with Gasteiger partial charge in [0.05, 0.1) is 16.8 Å². The van der Waals surface area contributed by atoms with Gasteiger partial charge < -0.3 is 9.80 Å². The normalized spacial score (nSPS) is 13.3. The SMILES string of the molecule is CC(C)(C)c1cc(-c2ccc3c(c2)B2c4ccc(C(C)(C)C)cc4N(c4c(-c5ccccc5)cc(-c5ccccc5)cc4-c4ccccc4)c4cc(-c5cccc6c5C(c5ccccc5)(c5ccccc5)c5ccccc5-6)cc(c42)N3c2c(-c3ccccc3)cccc2-c2ccccc2)cc(C(C)(C)C)c1. The van der Waals surface area contributed by atoms with E-state index in [0.717, 1.165) is 95.3 Å². The van der Waals surface area contributed by atoms with Crippen LogP contribution in [0.1, 0.15) is 101 Å². The van der Waals surface area contributed by atoms with Crippen molar-refractivity contribution in [3.8, 4) is 89.0 Å². The zero-order chi connectivity index (χ0) is 72.2. The molecule has 0 atom stereocenters. The lowest BCUT2D eigenvalue weighted by molar-refractivity contribution is 0.569. The van der Waals surface area contributed by atoms with Crippen molar-refractivity contribution in [2.24, 2.45) is 0 Å². The van der Waals surface area contributed by atoms with Crippen molar-refractivity contribution in [1.82, 2.24) is 0 Å². The Morgan fingerprint density at radius 2 is 0.642 bits per heavy atom. The Morgan fingerprint density at radius 3 is 1.14 bits per heavy atom. The van der Waals surface area contributed by atoms with Crippen LogP contribution in [0.25, 0.3) is 89.0 Å². The van der Waals surface area contributed by atoms with E-state index >= 15 is 0 Å². The lowest BCUT2D eigenvalue weighted by Crippen LogP contribution is -2.61. The van der Waals surface area contributed by atoms with Crippen LogP contribution in [0.2, 0.25) is 0 Å². The summed E-state index contributed by atoms with van der Waals surface area (Å²) in [4.78, 5) is 5.47. The highest BCUT2D eigenvalue weighted by Crippen LogP contribution is 2.61. The summed E-state index contributed by atoms with van der Waals surface area (Å²) in [5, 5.41) is 0. The maximum absolute atomic E-state index is 2.75. The molecular formula is C103H85BN2. The Morgan fingerprint density at radius 1 is 0.236 bits per heavy atom. The molecule has 1 aliphatic carbocycles. The summed E-state index contributed by atoms with van der Waals surface area (Å²) in [6.07, 6.45) is 0. The van der Waals surface area contributed by atoms with Gasteiger partial charge in [-0.3, -0.25) is 0 Å². The second-order valence-electron chi connectivity index (χ2n) is 32.3. The molecule has 3 aliphatic rings. The second-order valence-corrected chi connectivity index (χ2v) is 32.3. The molecule has 106 heavy (non-hydrogen) atoms. The van der Waals surface area contributed by atoms with E-state index in [1.54, 1.807) is 0 Å². The third kappa shape index (κ3) is 11.0. The fourth-order valence-corrected chi connectivity index (χ4v) is 17.5. The molecule has 0 saturated heterocycles. The van der Waals surface area contributed by atoms with Crippen LogP contribution in [0.5, 0.6) is 0 Å². The second kappa shape index (κ2) is 25.7. The van der Waals surface area contributed by atoms with Crippen LogP contribution in [0.4, 0.5) is 34.1 Å². The van der Waals surface area contributed by atoms with E-state index < -0.39 is 5.41 Å². The van der Waals surface area contributed by atoms with Crippen molar-refractivity contribution in [2.75, 3.05) is 9.80 Å². The molecule has 0 fully saturated rings. The molecule has 0 bridgehead atoms. The first kappa shape index (κ1) is 66.0. The van der Waals surface area contributed by atoms with Crippen LogP contribution in [0.15, 0.2) is 352 Å². The molecule has 0 unspecified atom stereocenters. The summed E-state index contributed by atoms with van der Waals surface area (Å²) in [5.41, 5.74) is 36.9. The van der Waals surface area contributed by atoms with Crippen molar-refractivity contribution in [2.45, 2.75) is 84.0 Å². The molecule has 0 radical (unpaired) electrons. The molecule has 3 heteroatoms. The summed E-state index contributed by atoms with van der Waals surface area (Å²) < 4.78 is 0. The zero-order valence-corrected chi connectivity index (χ0v) is 62.0. The van der Waals surface area contributed by atoms with Gasteiger partial charge in [-0.2, -0.15) is 0 Å². The molecule has 15 aromatic carbocycles. The van der Waals surface area contributed by atoms with Gasteiger partial charge in [0.2, 0.25) is 0 Å². The highest BCUT2D eigenvalue weighted by atomic mass is 15.2. The van der Waals surface area contributed by atoms with E-state index in [9.17, 15) is 0 Å². The van der Waals surface area contributed by atoms with Gasteiger partial charge in [-0.15, -0.1) is 0 Å². The quantitative estimate of drug-likeness (QED) is 0.119. The minimum absolute atomic E-state index is 0.0991. The topological polar surface area (TPSA) is 6.48 Å². The Bertz CT molecular complexity index is 5680. The maximum Gasteiger partial charge on any atom is 0.252 e. The standard InChI is InChI=1S/C103H85BN2/c1-100(2,3)79-56-57-90-93(67-79)106(99-87(71-41-23-13-24-42-71)61-75(68-35-17-10-18-36-68)62-88(99)72-43-25-14-26-44-72)95-65-76(82-50-33-53-86-85-49-31-32-54-89(85)103(96(82)86,77-45-27-15-28-46-77)78-47-29-16-30-48-78)64-94-97(95)104(90)91-63-73(74-59-80(101(4,5)6)66-81(60-74)102(7,8)9)55-58-92(91)105(94)98-83(69-37-19-11-20-38-69)51-34-52-84(98)70-39-21-12-22-40-70/h10-67H,1-9H3. The monoisotopic (exact) mass is 1360 g/mol. The van der Waals surface area contributed by atoms with Crippen LogP contribution in [0.3, 0.4) is 0 Å². The summed E-state index contributed by atoms with van der Waals surface area (Å²) in [5.74, 6) is 0. The molecule has 15 aromatic rings. The molecule has 0 spiro atoms. The Balaban J connectivity index is 1.06. The zero-order valence-electron chi connectivity index (χ0n) is 62.0. The van der Waals surface area contributed by atoms with Gasteiger partial charge in [-0.1, -0.05) is 378 Å². The van der Waals surface area contributed by atoms with Gasteiger partial charge in [0, 0.05) is 45.0 Å². The highest BCUT2D eigenvalue weighted by Gasteiger charge is 2.50. The molecule has 0 saturated carbocycles. The minimum Gasteiger partial charge on any atom is -0.310 e. The van der Waals surface area contributed by atoms with Crippen molar-refractivity contribution in [1.29, 1.82) is 0 Å².